The van der Waals surface area contributed by atoms with E-state index in [2.05, 4.69) is 10.6 Å². The smallest absolute Gasteiger partial charge is 0.272 e. The maximum Gasteiger partial charge on any atom is 0.272 e. The second kappa shape index (κ2) is 7.74. The number of nitro groups is 1. The second-order valence-corrected chi connectivity index (χ2v) is 4.64. The van der Waals surface area contributed by atoms with Crippen molar-refractivity contribution in [3.05, 3.63) is 33.4 Å². The summed E-state index contributed by atoms with van der Waals surface area (Å²) in [6.45, 7) is 5.75. The summed E-state index contributed by atoms with van der Waals surface area (Å²) >= 11 is 0. The zero-order chi connectivity index (χ0) is 14.3. The number of nitrogens with one attached hydrogen (secondary N) is 2. The van der Waals surface area contributed by atoms with E-state index < -0.39 is 0 Å². The maximum absolute atomic E-state index is 11.0. The van der Waals surface area contributed by atoms with Gasteiger partial charge in [-0.15, -0.1) is 0 Å². The number of hydrogen-bond acceptors (Lipinski definition) is 4. The van der Waals surface area contributed by atoms with Crippen LogP contribution in [0, 0.1) is 17.0 Å². The van der Waals surface area contributed by atoms with Crippen LogP contribution in [0.2, 0.25) is 0 Å². The van der Waals surface area contributed by atoms with E-state index in [-0.39, 0.29) is 10.6 Å². The monoisotopic (exact) mass is 265 g/mol. The quantitative estimate of drug-likeness (QED) is 0.431. The first-order chi connectivity index (χ1) is 9.10. The predicted molar refractivity (Wildman–Crippen MR) is 78.9 cm³/mol. The molecular weight excluding hydrogens is 242 g/mol. The molecule has 0 unspecified atom stereocenters. The minimum atomic E-state index is -0.303. The fourth-order valence-corrected chi connectivity index (χ4v) is 2.03. The average molecular weight is 265 g/mol. The number of unbranched alkanes of at least 4 members (excludes halogenated alkanes) is 1. The normalized spacial score (nSPS) is 10.5. The Balaban J connectivity index is 2.71. The van der Waals surface area contributed by atoms with Gasteiger partial charge in [0.2, 0.25) is 0 Å². The SMILES string of the molecule is CCc1cc(NCCCCNC)c(C)cc1[N+](=O)[O-]. The molecular formula is C14H23N3O2. The zero-order valence-electron chi connectivity index (χ0n) is 12.0. The standard InChI is InChI=1S/C14H23N3O2/c1-4-12-10-13(16-8-6-5-7-15-3)11(2)9-14(12)17(18)19/h9-10,15-16H,4-8H2,1-3H3. The Labute approximate surface area is 114 Å². The summed E-state index contributed by atoms with van der Waals surface area (Å²) in [5.74, 6) is 0. The minimum Gasteiger partial charge on any atom is -0.385 e. The summed E-state index contributed by atoms with van der Waals surface area (Å²) in [5.41, 5.74) is 2.94. The van der Waals surface area contributed by atoms with Crippen LogP contribution in [-0.4, -0.2) is 25.1 Å². The molecule has 1 aromatic carbocycles. The topological polar surface area (TPSA) is 67.2 Å². The van der Waals surface area contributed by atoms with Crippen LogP contribution in [0.15, 0.2) is 12.1 Å². The number of aryl methyl sites for hydroxylation is 2. The van der Waals surface area contributed by atoms with Gasteiger partial charge >= 0.3 is 0 Å². The average Bonchev–Trinajstić information content (AvgIpc) is 2.39. The molecule has 0 atom stereocenters. The van der Waals surface area contributed by atoms with Gasteiger partial charge in [0.25, 0.3) is 5.69 Å². The summed E-state index contributed by atoms with van der Waals surface area (Å²) in [7, 11) is 1.95. The highest BCUT2D eigenvalue weighted by atomic mass is 16.6. The van der Waals surface area contributed by atoms with Crippen LogP contribution < -0.4 is 10.6 Å². The summed E-state index contributed by atoms with van der Waals surface area (Å²) in [6.07, 6.45) is 2.87. The minimum absolute atomic E-state index is 0.223. The Morgan fingerprint density at radius 1 is 1.26 bits per heavy atom. The molecule has 5 heteroatoms. The Bertz CT molecular complexity index is 433. The Kier molecular flexibility index (Phi) is 6.29. The van der Waals surface area contributed by atoms with E-state index in [1.165, 1.54) is 0 Å². The van der Waals surface area contributed by atoms with E-state index in [1.54, 1.807) is 6.07 Å². The van der Waals surface area contributed by atoms with E-state index in [0.29, 0.717) is 6.42 Å². The molecule has 0 bridgehead atoms. The predicted octanol–water partition coefficient (Wildman–Crippen LogP) is 2.88. The lowest BCUT2D eigenvalue weighted by atomic mass is 10.1. The first-order valence-corrected chi connectivity index (χ1v) is 6.76. The van der Waals surface area contributed by atoms with Gasteiger partial charge in [0.15, 0.2) is 0 Å². The molecule has 1 rings (SSSR count). The number of nitro benzene ring substituents is 1. The fourth-order valence-electron chi connectivity index (χ4n) is 2.03. The van der Waals surface area contributed by atoms with E-state index in [9.17, 15) is 10.1 Å². The van der Waals surface area contributed by atoms with Crippen molar-refractivity contribution in [1.82, 2.24) is 5.32 Å². The summed E-state index contributed by atoms with van der Waals surface area (Å²) in [5, 5.41) is 17.4. The number of nitrogens with zero attached hydrogens (tertiary/aromatic N) is 1. The molecule has 106 valence electrons. The van der Waals surface area contributed by atoms with Crippen LogP contribution in [0.5, 0.6) is 0 Å². The molecule has 0 fully saturated rings. The summed E-state index contributed by atoms with van der Waals surface area (Å²) < 4.78 is 0. The van der Waals surface area contributed by atoms with Gasteiger partial charge in [-0.1, -0.05) is 6.92 Å². The third-order valence-electron chi connectivity index (χ3n) is 3.17. The Morgan fingerprint density at radius 2 is 1.95 bits per heavy atom. The maximum atomic E-state index is 11.0. The van der Waals surface area contributed by atoms with Crippen LogP contribution in [0.4, 0.5) is 11.4 Å². The Morgan fingerprint density at radius 3 is 2.53 bits per heavy atom. The lowest BCUT2D eigenvalue weighted by molar-refractivity contribution is -0.385. The molecule has 0 aliphatic carbocycles. The molecule has 5 nitrogen and oxygen atoms in total. The van der Waals surface area contributed by atoms with E-state index in [0.717, 1.165) is 42.7 Å². The third-order valence-corrected chi connectivity index (χ3v) is 3.17. The van der Waals surface area contributed by atoms with Crippen molar-refractivity contribution in [2.75, 3.05) is 25.5 Å². The molecule has 0 spiro atoms. The second-order valence-electron chi connectivity index (χ2n) is 4.64. The van der Waals surface area contributed by atoms with Crippen LogP contribution in [0.25, 0.3) is 0 Å². The van der Waals surface area contributed by atoms with Crippen molar-refractivity contribution >= 4 is 11.4 Å². The van der Waals surface area contributed by atoms with Gasteiger partial charge in [0, 0.05) is 23.9 Å². The molecule has 1 aromatic rings. The van der Waals surface area contributed by atoms with Crippen molar-refractivity contribution in [2.24, 2.45) is 0 Å². The van der Waals surface area contributed by atoms with Crippen molar-refractivity contribution < 1.29 is 4.92 Å². The molecule has 0 amide bonds. The summed E-state index contributed by atoms with van der Waals surface area (Å²) in [6, 6.07) is 3.57. The first-order valence-electron chi connectivity index (χ1n) is 6.76. The van der Waals surface area contributed by atoms with E-state index in [1.807, 2.05) is 27.0 Å². The molecule has 0 aliphatic rings. The third kappa shape index (κ3) is 4.52. The summed E-state index contributed by atoms with van der Waals surface area (Å²) in [4.78, 5) is 10.7. The van der Waals surface area contributed by atoms with Crippen molar-refractivity contribution in [2.45, 2.75) is 33.1 Å². The Hall–Kier alpha value is -1.62. The molecule has 0 heterocycles. The van der Waals surface area contributed by atoms with Gasteiger partial charge in [-0.25, -0.2) is 0 Å². The number of anilines is 1. The first kappa shape index (κ1) is 15.4. The van der Waals surface area contributed by atoms with Gasteiger partial charge < -0.3 is 10.6 Å². The molecule has 0 saturated heterocycles. The van der Waals surface area contributed by atoms with Crippen molar-refractivity contribution in [1.29, 1.82) is 0 Å². The van der Waals surface area contributed by atoms with Gasteiger partial charge in [0.05, 0.1) is 4.92 Å². The lowest BCUT2D eigenvalue weighted by Gasteiger charge is -2.11. The highest BCUT2D eigenvalue weighted by Gasteiger charge is 2.14. The van der Waals surface area contributed by atoms with Crippen LogP contribution >= 0.6 is 0 Å². The highest BCUT2D eigenvalue weighted by molar-refractivity contribution is 5.59. The fraction of sp³-hybridized carbons (Fsp3) is 0.571. The van der Waals surface area contributed by atoms with Gasteiger partial charge in [-0.3, -0.25) is 10.1 Å². The number of benzene rings is 1. The van der Waals surface area contributed by atoms with Gasteiger partial charge in [-0.05, 0) is 51.4 Å². The number of rotatable bonds is 8. The van der Waals surface area contributed by atoms with Crippen molar-refractivity contribution in [3.8, 4) is 0 Å². The van der Waals surface area contributed by atoms with Crippen LogP contribution in [0.3, 0.4) is 0 Å². The number of hydrogen-bond donors (Lipinski definition) is 2. The highest BCUT2D eigenvalue weighted by Crippen LogP contribution is 2.27. The largest absolute Gasteiger partial charge is 0.385 e. The van der Waals surface area contributed by atoms with E-state index in [4.69, 9.17) is 0 Å². The molecule has 19 heavy (non-hydrogen) atoms. The molecule has 0 aliphatic heterocycles. The molecule has 0 radical (unpaired) electrons. The van der Waals surface area contributed by atoms with Crippen LogP contribution in [0.1, 0.15) is 30.9 Å². The molecule has 0 aromatic heterocycles. The zero-order valence-corrected chi connectivity index (χ0v) is 12.0. The molecule has 2 N–H and O–H groups in total. The van der Waals surface area contributed by atoms with Gasteiger partial charge in [-0.2, -0.15) is 0 Å². The van der Waals surface area contributed by atoms with Crippen LogP contribution in [-0.2, 0) is 6.42 Å². The van der Waals surface area contributed by atoms with E-state index >= 15 is 0 Å². The lowest BCUT2D eigenvalue weighted by Crippen LogP contribution is -2.10. The van der Waals surface area contributed by atoms with Crippen molar-refractivity contribution in [3.63, 3.8) is 0 Å². The molecule has 0 saturated carbocycles. The van der Waals surface area contributed by atoms with Gasteiger partial charge in [0.1, 0.15) is 0 Å².